The van der Waals surface area contributed by atoms with Gasteiger partial charge >= 0.3 is 0 Å². The van der Waals surface area contributed by atoms with E-state index in [9.17, 15) is 14.4 Å². The van der Waals surface area contributed by atoms with Crippen molar-refractivity contribution in [2.45, 2.75) is 78.1 Å². The van der Waals surface area contributed by atoms with Gasteiger partial charge in [0.25, 0.3) is 0 Å². The van der Waals surface area contributed by atoms with E-state index in [1.807, 2.05) is 6.92 Å². The molecular weight excluding hydrogens is 264 g/mol. The van der Waals surface area contributed by atoms with Gasteiger partial charge in [-0.05, 0) is 31.6 Å². The van der Waals surface area contributed by atoms with E-state index in [1.54, 1.807) is 0 Å². The molecule has 3 heteroatoms. The zero-order valence-electron chi connectivity index (χ0n) is 13.5. The van der Waals surface area contributed by atoms with Crippen LogP contribution in [0.2, 0.25) is 0 Å². The molecule has 0 amide bonds. The number of Topliss-reactive ketones (excluding diaryl/α,β-unsaturated/α-hetero) is 3. The summed E-state index contributed by atoms with van der Waals surface area (Å²) in [6.45, 7) is 4.17. The molecule has 2 rings (SSSR count). The fraction of sp³-hybridized carbons (Fsp3) is 0.833. The van der Waals surface area contributed by atoms with Gasteiger partial charge in [-0.15, -0.1) is 0 Å². The van der Waals surface area contributed by atoms with Crippen LogP contribution in [0.25, 0.3) is 0 Å². The highest BCUT2D eigenvalue weighted by atomic mass is 16.1. The van der Waals surface area contributed by atoms with Crippen molar-refractivity contribution >= 4 is 17.3 Å². The zero-order valence-corrected chi connectivity index (χ0v) is 13.5. The monoisotopic (exact) mass is 292 g/mol. The van der Waals surface area contributed by atoms with Crippen molar-refractivity contribution in [1.29, 1.82) is 0 Å². The van der Waals surface area contributed by atoms with Gasteiger partial charge in [0, 0.05) is 37.0 Å². The maximum atomic E-state index is 12.2. The van der Waals surface area contributed by atoms with Gasteiger partial charge in [-0.25, -0.2) is 0 Å². The quantitative estimate of drug-likeness (QED) is 0.669. The fourth-order valence-electron chi connectivity index (χ4n) is 4.24. The smallest absolute Gasteiger partial charge is 0.139 e. The second-order valence-corrected chi connectivity index (χ2v) is 7.09. The van der Waals surface area contributed by atoms with Crippen LogP contribution in [0, 0.1) is 17.3 Å². The summed E-state index contributed by atoms with van der Waals surface area (Å²) in [7, 11) is 0. The van der Waals surface area contributed by atoms with Gasteiger partial charge in [0.05, 0.1) is 0 Å². The van der Waals surface area contributed by atoms with Crippen LogP contribution in [-0.4, -0.2) is 17.3 Å². The molecule has 0 radical (unpaired) electrons. The van der Waals surface area contributed by atoms with Crippen LogP contribution in [0.4, 0.5) is 0 Å². The average molecular weight is 292 g/mol. The minimum absolute atomic E-state index is 0.0506. The Bertz CT molecular complexity index is 426. The van der Waals surface area contributed by atoms with Gasteiger partial charge in [0.2, 0.25) is 0 Å². The maximum Gasteiger partial charge on any atom is 0.139 e. The van der Waals surface area contributed by atoms with E-state index in [0.29, 0.717) is 37.9 Å². The molecule has 3 atom stereocenters. The van der Waals surface area contributed by atoms with E-state index >= 15 is 0 Å². The number of unbranched alkanes of at least 4 members (excludes halogenated alkanes) is 2. The van der Waals surface area contributed by atoms with Gasteiger partial charge in [0.1, 0.15) is 17.3 Å². The van der Waals surface area contributed by atoms with Gasteiger partial charge < -0.3 is 0 Å². The van der Waals surface area contributed by atoms with E-state index in [1.165, 1.54) is 0 Å². The molecule has 3 nitrogen and oxygen atoms in total. The lowest BCUT2D eigenvalue weighted by Crippen LogP contribution is -2.42. The minimum atomic E-state index is -0.288. The lowest BCUT2D eigenvalue weighted by Gasteiger charge is -2.39. The minimum Gasteiger partial charge on any atom is -0.300 e. The van der Waals surface area contributed by atoms with Gasteiger partial charge in [0.15, 0.2) is 0 Å². The third-order valence-corrected chi connectivity index (χ3v) is 5.72. The van der Waals surface area contributed by atoms with Crippen LogP contribution < -0.4 is 0 Å². The van der Waals surface area contributed by atoms with Crippen molar-refractivity contribution in [2.24, 2.45) is 17.3 Å². The highest BCUT2D eigenvalue weighted by molar-refractivity contribution is 5.92. The average Bonchev–Trinajstić information content (AvgIpc) is 2.75. The first kappa shape index (κ1) is 16.4. The third-order valence-electron chi connectivity index (χ3n) is 5.72. The Balaban J connectivity index is 1.90. The number of ketones is 3. The second-order valence-electron chi connectivity index (χ2n) is 7.09. The first-order valence-corrected chi connectivity index (χ1v) is 8.56. The van der Waals surface area contributed by atoms with Crippen LogP contribution in [0.15, 0.2) is 0 Å². The molecule has 0 heterocycles. The van der Waals surface area contributed by atoms with Crippen molar-refractivity contribution < 1.29 is 14.4 Å². The second kappa shape index (κ2) is 6.85. The predicted molar refractivity (Wildman–Crippen MR) is 82.0 cm³/mol. The molecule has 2 aliphatic carbocycles. The number of fused-ring (bicyclic) bond motifs is 1. The molecule has 2 saturated carbocycles. The molecule has 0 aliphatic heterocycles. The molecule has 0 N–H and O–H groups in total. The molecule has 0 saturated heterocycles. The number of carbonyl (C=O) groups is 3. The molecule has 0 aromatic carbocycles. The van der Waals surface area contributed by atoms with Crippen LogP contribution in [-0.2, 0) is 14.4 Å². The van der Waals surface area contributed by atoms with E-state index < -0.39 is 0 Å². The molecule has 2 aliphatic rings. The Kier molecular flexibility index (Phi) is 5.34. The molecule has 0 spiro atoms. The summed E-state index contributed by atoms with van der Waals surface area (Å²) in [5.41, 5.74) is -0.288. The molecule has 1 unspecified atom stereocenters. The Morgan fingerprint density at radius 1 is 1.19 bits per heavy atom. The third kappa shape index (κ3) is 3.44. The molecule has 0 bridgehead atoms. The summed E-state index contributed by atoms with van der Waals surface area (Å²) in [6.07, 6.45) is 7.72. The largest absolute Gasteiger partial charge is 0.300 e. The van der Waals surface area contributed by atoms with E-state index in [-0.39, 0.29) is 28.8 Å². The van der Waals surface area contributed by atoms with Crippen molar-refractivity contribution in [3.05, 3.63) is 0 Å². The molecule has 0 aromatic heterocycles. The molecule has 2 fully saturated rings. The van der Waals surface area contributed by atoms with E-state index in [0.717, 1.165) is 32.1 Å². The Labute approximate surface area is 127 Å². The number of hydrogen-bond donors (Lipinski definition) is 0. The summed E-state index contributed by atoms with van der Waals surface area (Å²) in [5.74, 6) is 1.04. The maximum absolute atomic E-state index is 12.2. The Morgan fingerprint density at radius 2 is 1.95 bits per heavy atom. The van der Waals surface area contributed by atoms with Crippen molar-refractivity contribution in [2.75, 3.05) is 0 Å². The summed E-state index contributed by atoms with van der Waals surface area (Å²) in [5, 5.41) is 0. The van der Waals surface area contributed by atoms with E-state index in [4.69, 9.17) is 0 Å². The molecular formula is C18H28O3. The standard InChI is InChI=1S/C18H28O3/c1-3-4-5-6-13(19)7-8-14-15-9-10-17(21)18(15,2)12-11-16(14)20/h14-15H,3-12H2,1-2H3/t14?,15-,18+/m1/s1. The molecule has 118 valence electrons. The first-order chi connectivity index (χ1) is 9.99. The summed E-state index contributed by atoms with van der Waals surface area (Å²) >= 11 is 0. The van der Waals surface area contributed by atoms with Crippen LogP contribution >= 0.6 is 0 Å². The lowest BCUT2D eigenvalue weighted by atomic mass is 9.62. The summed E-state index contributed by atoms with van der Waals surface area (Å²) < 4.78 is 0. The normalized spacial score (nSPS) is 32.3. The van der Waals surface area contributed by atoms with Gasteiger partial charge in [-0.2, -0.15) is 0 Å². The van der Waals surface area contributed by atoms with Crippen LogP contribution in [0.3, 0.4) is 0 Å². The SMILES string of the molecule is CCCCCC(=O)CCC1C(=O)CC[C@]2(C)C(=O)CC[C@H]12. The highest BCUT2D eigenvalue weighted by Gasteiger charge is 2.53. The summed E-state index contributed by atoms with van der Waals surface area (Å²) in [6, 6.07) is 0. The number of carbonyl (C=O) groups excluding carboxylic acids is 3. The van der Waals surface area contributed by atoms with Crippen molar-refractivity contribution in [1.82, 2.24) is 0 Å². The van der Waals surface area contributed by atoms with Crippen LogP contribution in [0.1, 0.15) is 78.1 Å². The first-order valence-electron chi connectivity index (χ1n) is 8.56. The van der Waals surface area contributed by atoms with Crippen molar-refractivity contribution in [3.8, 4) is 0 Å². The van der Waals surface area contributed by atoms with Gasteiger partial charge in [-0.1, -0.05) is 26.7 Å². The summed E-state index contributed by atoms with van der Waals surface area (Å²) in [4.78, 5) is 36.3. The topological polar surface area (TPSA) is 51.2 Å². The Morgan fingerprint density at radius 3 is 2.67 bits per heavy atom. The predicted octanol–water partition coefficient (Wildman–Crippen LogP) is 3.88. The van der Waals surface area contributed by atoms with Crippen LogP contribution in [0.5, 0.6) is 0 Å². The fourth-order valence-corrected chi connectivity index (χ4v) is 4.24. The lowest BCUT2D eigenvalue weighted by molar-refractivity contribution is -0.137. The number of hydrogen-bond acceptors (Lipinski definition) is 3. The number of rotatable bonds is 7. The van der Waals surface area contributed by atoms with E-state index in [2.05, 4.69) is 6.92 Å². The Hall–Kier alpha value is -0.990. The molecule has 21 heavy (non-hydrogen) atoms. The zero-order chi connectivity index (χ0) is 15.5. The molecule has 0 aromatic rings. The van der Waals surface area contributed by atoms with Gasteiger partial charge in [-0.3, -0.25) is 14.4 Å². The van der Waals surface area contributed by atoms with Crippen molar-refractivity contribution in [3.63, 3.8) is 0 Å². The highest BCUT2D eigenvalue weighted by Crippen LogP contribution is 2.52.